The first kappa shape index (κ1) is 16.8. The first-order chi connectivity index (χ1) is 10.2. The third-order valence-corrected chi connectivity index (χ3v) is 3.20. The number of nitrogens with zero attached hydrogens (tertiary/aromatic N) is 3. The van der Waals surface area contributed by atoms with Gasteiger partial charge in [-0.3, -0.25) is 0 Å². The van der Waals surface area contributed by atoms with Gasteiger partial charge in [-0.2, -0.15) is 15.8 Å². The quantitative estimate of drug-likeness (QED) is 0.544. The van der Waals surface area contributed by atoms with Gasteiger partial charge >= 0.3 is 0 Å². The Hall–Kier alpha value is -2.29. The summed E-state index contributed by atoms with van der Waals surface area (Å²) >= 11 is 3.36. The summed E-state index contributed by atoms with van der Waals surface area (Å²) in [5, 5.41) is 26.1. The largest absolute Gasteiger partial charge is 0.493 e. The molecule has 4 nitrogen and oxygen atoms in total. The molecule has 0 N–H and O–H groups in total. The van der Waals surface area contributed by atoms with Gasteiger partial charge < -0.3 is 4.74 Å². The number of rotatable bonds is 7. The molecule has 0 radical (unpaired) electrons. The molecule has 0 bridgehead atoms. The Bertz CT molecular complexity index is 616. The maximum atomic E-state index is 8.82. The number of nitriles is 3. The molecule has 5 heteroatoms. The maximum Gasteiger partial charge on any atom is 0.130 e. The predicted octanol–water partition coefficient (Wildman–Crippen LogP) is 4.34. The second-order valence-electron chi connectivity index (χ2n) is 4.28. The average molecular weight is 344 g/mol. The standard InChI is InChI=1S/C16H14BrN3O/c17-15-5-6-16(21-8-4-2-1-3-7-18)14(10-15)9-13(11-19)12-20/h5-6,9-10H,1-4,8H2. The number of hydrogen-bond acceptors (Lipinski definition) is 4. The van der Waals surface area contributed by atoms with E-state index in [1.807, 2.05) is 18.2 Å². The Morgan fingerprint density at radius 1 is 1.14 bits per heavy atom. The number of benzene rings is 1. The maximum absolute atomic E-state index is 8.82. The average Bonchev–Trinajstić information content (AvgIpc) is 2.50. The summed E-state index contributed by atoms with van der Waals surface area (Å²) in [6.45, 7) is 0.544. The topological polar surface area (TPSA) is 80.6 Å². The van der Waals surface area contributed by atoms with E-state index in [1.165, 1.54) is 6.08 Å². The molecule has 1 aromatic rings. The SMILES string of the molecule is N#CCCCCCOc1ccc(Br)cc1C=C(C#N)C#N. The van der Waals surface area contributed by atoms with Crippen molar-refractivity contribution in [1.29, 1.82) is 15.8 Å². The van der Waals surface area contributed by atoms with Crippen molar-refractivity contribution in [1.82, 2.24) is 0 Å². The highest BCUT2D eigenvalue weighted by atomic mass is 79.9. The van der Waals surface area contributed by atoms with E-state index in [-0.39, 0.29) is 5.57 Å². The minimum atomic E-state index is 0.0342. The molecule has 0 saturated heterocycles. The molecule has 0 atom stereocenters. The van der Waals surface area contributed by atoms with Crippen molar-refractivity contribution in [3.63, 3.8) is 0 Å². The molecular formula is C16H14BrN3O. The number of ether oxygens (including phenoxy) is 1. The zero-order valence-electron chi connectivity index (χ0n) is 11.5. The van der Waals surface area contributed by atoms with Gasteiger partial charge in [0.05, 0.1) is 12.7 Å². The lowest BCUT2D eigenvalue weighted by atomic mass is 10.1. The molecule has 0 aliphatic rings. The van der Waals surface area contributed by atoms with Gasteiger partial charge in [0, 0.05) is 16.5 Å². The second-order valence-corrected chi connectivity index (χ2v) is 5.20. The molecule has 0 fully saturated rings. The van der Waals surface area contributed by atoms with E-state index < -0.39 is 0 Å². The van der Waals surface area contributed by atoms with E-state index in [9.17, 15) is 0 Å². The molecule has 0 aliphatic carbocycles. The molecule has 0 saturated carbocycles. The van der Waals surface area contributed by atoms with Gasteiger partial charge in [-0.05, 0) is 43.5 Å². The normalized spacial score (nSPS) is 9.05. The van der Waals surface area contributed by atoms with E-state index in [2.05, 4.69) is 22.0 Å². The van der Waals surface area contributed by atoms with Crippen molar-refractivity contribution in [3.8, 4) is 24.0 Å². The van der Waals surface area contributed by atoms with Crippen molar-refractivity contribution in [2.24, 2.45) is 0 Å². The Balaban J connectivity index is 2.71. The van der Waals surface area contributed by atoms with Crippen molar-refractivity contribution in [2.75, 3.05) is 6.61 Å². The number of allylic oxidation sites excluding steroid dienone is 1. The number of hydrogen-bond donors (Lipinski definition) is 0. The summed E-state index contributed by atoms with van der Waals surface area (Å²) in [5.74, 6) is 0.640. The molecule has 1 rings (SSSR count). The monoisotopic (exact) mass is 343 g/mol. The third-order valence-electron chi connectivity index (χ3n) is 2.70. The number of halogens is 1. The van der Waals surface area contributed by atoms with E-state index in [0.717, 1.165) is 23.7 Å². The van der Waals surface area contributed by atoms with E-state index in [0.29, 0.717) is 24.3 Å². The van der Waals surface area contributed by atoms with Crippen LogP contribution in [0.2, 0.25) is 0 Å². The lowest BCUT2D eigenvalue weighted by molar-refractivity contribution is 0.305. The molecular weight excluding hydrogens is 330 g/mol. The van der Waals surface area contributed by atoms with Crippen LogP contribution >= 0.6 is 15.9 Å². The van der Waals surface area contributed by atoms with Gasteiger partial charge in [-0.25, -0.2) is 0 Å². The highest BCUT2D eigenvalue weighted by Crippen LogP contribution is 2.25. The van der Waals surface area contributed by atoms with E-state index in [4.69, 9.17) is 20.5 Å². The van der Waals surface area contributed by atoms with Crippen LogP contribution in [0.5, 0.6) is 5.75 Å². The zero-order chi connectivity index (χ0) is 15.5. The second kappa shape index (κ2) is 9.59. The smallest absolute Gasteiger partial charge is 0.130 e. The van der Waals surface area contributed by atoms with Crippen molar-refractivity contribution in [3.05, 3.63) is 33.8 Å². The third kappa shape index (κ3) is 6.13. The van der Waals surface area contributed by atoms with Crippen LogP contribution in [-0.4, -0.2) is 6.61 Å². The van der Waals surface area contributed by atoms with Crippen molar-refractivity contribution >= 4 is 22.0 Å². The molecule has 0 unspecified atom stereocenters. The molecule has 1 aromatic carbocycles. The fraction of sp³-hybridized carbons (Fsp3) is 0.312. The van der Waals surface area contributed by atoms with Crippen LogP contribution in [0.25, 0.3) is 6.08 Å². The molecule has 0 heterocycles. The molecule has 0 spiro atoms. The van der Waals surface area contributed by atoms with E-state index in [1.54, 1.807) is 12.1 Å². The van der Waals surface area contributed by atoms with Gasteiger partial charge in [-0.1, -0.05) is 15.9 Å². The fourth-order valence-corrected chi connectivity index (χ4v) is 2.05. The predicted molar refractivity (Wildman–Crippen MR) is 82.9 cm³/mol. The highest BCUT2D eigenvalue weighted by molar-refractivity contribution is 9.10. The summed E-state index contributed by atoms with van der Waals surface area (Å²) in [6.07, 6.45) is 4.76. The van der Waals surface area contributed by atoms with Crippen LogP contribution in [0.3, 0.4) is 0 Å². The fourth-order valence-electron chi connectivity index (χ4n) is 1.67. The zero-order valence-corrected chi connectivity index (χ0v) is 13.1. The summed E-state index contributed by atoms with van der Waals surface area (Å²) in [6, 6.07) is 11.2. The summed E-state index contributed by atoms with van der Waals surface area (Å²) < 4.78 is 6.55. The van der Waals surface area contributed by atoms with Crippen molar-refractivity contribution in [2.45, 2.75) is 25.7 Å². The lowest BCUT2D eigenvalue weighted by Crippen LogP contribution is -1.99. The van der Waals surface area contributed by atoms with Crippen molar-refractivity contribution < 1.29 is 4.74 Å². The van der Waals surface area contributed by atoms with Crippen LogP contribution < -0.4 is 4.74 Å². The lowest BCUT2D eigenvalue weighted by Gasteiger charge is -2.09. The Morgan fingerprint density at radius 2 is 1.90 bits per heavy atom. The Kier molecular flexibility index (Phi) is 7.65. The Morgan fingerprint density at radius 3 is 2.57 bits per heavy atom. The molecule has 0 amide bonds. The van der Waals surface area contributed by atoms with Crippen LogP contribution in [0, 0.1) is 34.0 Å². The molecule has 0 aromatic heterocycles. The van der Waals surface area contributed by atoms with Gasteiger partial charge in [0.15, 0.2) is 0 Å². The molecule has 106 valence electrons. The summed E-state index contributed by atoms with van der Waals surface area (Å²) in [5.41, 5.74) is 0.728. The molecule has 0 aliphatic heterocycles. The molecule has 21 heavy (non-hydrogen) atoms. The minimum absolute atomic E-state index is 0.0342. The number of unbranched alkanes of at least 4 members (excludes halogenated alkanes) is 3. The van der Waals surface area contributed by atoms with Crippen LogP contribution in [0.15, 0.2) is 28.2 Å². The summed E-state index contributed by atoms with van der Waals surface area (Å²) in [4.78, 5) is 0. The van der Waals surface area contributed by atoms with Crippen LogP contribution in [0.4, 0.5) is 0 Å². The van der Waals surface area contributed by atoms with E-state index >= 15 is 0 Å². The van der Waals surface area contributed by atoms with Crippen LogP contribution in [0.1, 0.15) is 31.2 Å². The summed E-state index contributed by atoms with van der Waals surface area (Å²) in [7, 11) is 0. The first-order valence-corrected chi connectivity index (χ1v) is 7.31. The first-order valence-electron chi connectivity index (χ1n) is 6.52. The van der Waals surface area contributed by atoms with Gasteiger partial charge in [0.25, 0.3) is 0 Å². The van der Waals surface area contributed by atoms with Gasteiger partial charge in [0.2, 0.25) is 0 Å². The van der Waals surface area contributed by atoms with Gasteiger partial charge in [-0.15, -0.1) is 0 Å². The Labute approximate surface area is 133 Å². The van der Waals surface area contributed by atoms with Gasteiger partial charge in [0.1, 0.15) is 23.5 Å². The highest BCUT2D eigenvalue weighted by Gasteiger charge is 2.04. The minimum Gasteiger partial charge on any atom is -0.493 e. The van der Waals surface area contributed by atoms with Crippen LogP contribution in [-0.2, 0) is 0 Å².